The molecule has 2 aromatic rings. The molecule has 0 saturated carbocycles. The Bertz CT molecular complexity index is 681. The molecule has 0 aliphatic rings. The van der Waals surface area contributed by atoms with E-state index in [9.17, 15) is 19.8 Å². The van der Waals surface area contributed by atoms with E-state index in [1.165, 1.54) is 0 Å². The van der Waals surface area contributed by atoms with E-state index < -0.39 is 30.0 Å². The zero-order chi connectivity index (χ0) is 15.6. The number of nitrogens with one attached hydrogen (secondary N) is 1. The summed E-state index contributed by atoms with van der Waals surface area (Å²) in [6, 6.07) is 5.79. The molecule has 1 aromatic carbocycles. The Morgan fingerprint density at radius 3 is 2.57 bits per heavy atom. The third kappa shape index (κ3) is 3.04. The number of rotatable bonds is 6. The molecule has 6 N–H and O–H groups in total. The van der Waals surface area contributed by atoms with Crippen molar-refractivity contribution in [1.29, 1.82) is 0 Å². The first kappa shape index (κ1) is 15.0. The maximum atomic E-state index is 11.3. The van der Waals surface area contributed by atoms with E-state index in [1.54, 1.807) is 18.3 Å². The summed E-state index contributed by atoms with van der Waals surface area (Å²) in [5.41, 5.74) is 4.52. The van der Waals surface area contributed by atoms with E-state index in [0.29, 0.717) is 5.56 Å². The minimum Gasteiger partial charge on any atom is -0.480 e. The zero-order valence-electron chi connectivity index (χ0n) is 11.1. The molecule has 0 radical (unpaired) electrons. The smallest absolute Gasteiger partial charge is 0.336 e. The molecule has 0 amide bonds. The molecule has 0 fully saturated rings. The van der Waals surface area contributed by atoms with Crippen LogP contribution in [0.5, 0.6) is 0 Å². The highest BCUT2D eigenvalue weighted by Gasteiger charge is 2.40. The summed E-state index contributed by atoms with van der Waals surface area (Å²) in [6.07, 6.45) is 0.801. The van der Waals surface area contributed by atoms with Crippen LogP contribution in [0.25, 0.3) is 10.9 Å². The molecule has 0 bridgehead atoms. The Morgan fingerprint density at radius 2 is 1.95 bits per heavy atom. The maximum Gasteiger partial charge on any atom is 0.336 e. The van der Waals surface area contributed by atoms with Crippen LogP contribution in [0.15, 0.2) is 30.5 Å². The molecule has 7 nitrogen and oxygen atoms in total. The lowest BCUT2D eigenvalue weighted by molar-refractivity contribution is -0.160. The third-order valence-electron chi connectivity index (χ3n) is 3.43. The van der Waals surface area contributed by atoms with E-state index >= 15 is 0 Å². The zero-order valence-corrected chi connectivity index (χ0v) is 11.1. The molecular weight excluding hydrogens is 276 g/mol. The molecule has 1 heterocycles. The van der Waals surface area contributed by atoms with Gasteiger partial charge in [-0.05, 0) is 11.6 Å². The largest absolute Gasteiger partial charge is 0.480 e. The second kappa shape index (κ2) is 5.55. The number of hydrogen-bond acceptors (Lipinski definition) is 4. The van der Waals surface area contributed by atoms with Gasteiger partial charge in [0.05, 0.1) is 0 Å². The van der Waals surface area contributed by atoms with Gasteiger partial charge >= 0.3 is 11.9 Å². The monoisotopic (exact) mass is 292 g/mol. The average Bonchev–Trinajstić information content (AvgIpc) is 2.81. The van der Waals surface area contributed by atoms with Crippen molar-refractivity contribution in [3.63, 3.8) is 0 Å². The molecule has 0 aliphatic carbocycles. The van der Waals surface area contributed by atoms with E-state index in [2.05, 4.69) is 4.98 Å². The van der Waals surface area contributed by atoms with Gasteiger partial charge in [0.25, 0.3) is 0 Å². The number of aromatic nitrogens is 1. The van der Waals surface area contributed by atoms with E-state index in [0.717, 1.165) is 10.9 Å². The number of hydrogen-bond donors (Lipinski definition) is 5. The van der Waals surface area contributed by atoms with E-state index in [1.807, 2.05) is 12.1 Å². The van der Waals surface area contributed by atoms with Gasteiger partial charge in [-0.15, -0.1) is 0 Å². The van der Waals surface area contributed by atoms with Crippen molar-refractivity contribution in [2.75, 3.05) is 0 Å². The summed E-state index contributed by atoms with van der Waals surface area (Å²) in [5, 5.41) is 29.1. The van der Waals surface area contributed by atoms with Gasteiger partial charge in [0.15, 0.2) is 5.60 Å². The normalized spacial score (nSPS) is 15.5. The maximum absolute atomic E-state index is 11.3. The van der Waals surface area contributed by atoms with Crippen LogP contribution in [0.2, 0.25) is 0 Å². The summed E-state index contributed by atoms with van der Waals surface area (Å²) in [6.45, 7) is 0. The lowest BCUT2D eigenvalue weighted by atomic mass is 9.88. The number of aromatic amines is 1. The first-order valence-corrected chi connectivity index (χ1v) is 6.32. The van der Waals surface area contributed by atoms with Crippen molar-refractivity contribution in [3.05, 3.63) is 36.0 Å². The molecule has 112 valence electrons. The van der Waals surface area contributed by atoms with Crippen LogP contribution in [-0.2, 0) is 16.0 Å². The third-order valence-corrected chi connectivity index (χ3v) is 3.43. The van der Waals surface area contributed by atoms with Crippen molar-refractivity contribution < 1.29 is 24.9 Å². The average molecular weight is 292 g/mol. The van der Waals surface area contributed by atoms with Crippen LogP contribution in [0.1, 0.15) is 12.0 Å². The molecule has 0 spiro atoms. The predicted molar refractivity (Wildman–Crippen MR) is 74.8 cm³/mol. The van der Waals surface area contributed by atoms with Crippen molar-refractivity contribution >= 4 is 22.8 Å². The Balaban J connectivity index is 2.31. The van der Waals surface area contributed by atoms with Crippen LogP contribution in [0.4, 0.5) is 0 Å². The van der Waals surface area contributed by atoms with Crippen LogP contribution in [0, 0.1) is 0 Å². The molecule has 0 unspecified atom stereocenters. The van der Waals surface area contributed by atoms with Crippen LogP contribution < -0.4 is 5.73 Å². The first-order valence-electron chi connectivity index (χ1n) is 6.32. The molecule has 7 heteroatoms. The Hall–Kier alpha value is -2.38. The number of aliphatic hydroxyl groups is 1. The highest BCUT2D eigenvalue weighted by atomic mass is 16.4. The highest BCUT2D eigenvalue weighted by molar-refractivity contribution is 5.85. The van der Waals surface area contributed by atoms with Crippen molar-refractivity contribution in [2.45, 2.75) is 24.5 Å². The van der Waals surface area contributed by atoms with E-state index in [4.69, 9.17) is 10.8 Å². The minimum atomic E-state index is -2.23. The van der Waals surface area contributed by atoms with Gasteiger partial charge in [0.1, 0.15) is 6.04 Å². The van der Waals surface area contributed by atoms with Gasteiger partial charge in [-0.25, -0.2) is 4.79 Å². The van der Waals surface area contributed by atoms with Gasteiger partial charge in [-0.2, -0.15) is 0 Å². The number of carboxylic acid groups (broad SMARTS) is 2. The summed E-state index contributed by atoms with van der Waals surface area (Å²) >= 11 is 0. The molecule has 21 heavy (non-hydrogen) atoms. The quantitative estimate of drug-likeness (QED) is 0.520. The van der Waals surface area contributed by atoms with Crippen molar-refractivity contribution in [2.24, 2.45) is 5.73 Å². The molecule has 0 saturated heterocycles. The number of fused-ring (bicyclic) bond motifs is 1. The Kier molecular flexibility index (Phi) is 3.97. The predicted octanol–water partition coefficient (Wildman–Crippen LogP) is 0.328. The van der Waals surface area contributed by atoms with Crippen molar-refractivity contribution in [1.82, 2.24) is 4.98 Å². The summed E-state index contributed by atoms with van der Waals surface area (Å²) in [7, 11) is 0. The summed E-state index contributed by atoms with van der Waals surface area (Å²) in [4.78, 5) is 25.1. The first-order chi connectivity index (χ1) is 9.83. The Labute approximate surface area is 120 Å². The highest BCUT2D eigenvalue weighted by Crippen LogP contribution is 2.25. The van der Waals surface area contributed by atoms with Crippen molar-refractivity contribution in [3.8, 4) is 0 Å². The minimum absolute atomic E-state index is 0.229. The SMILES string of the molecule is N[C@@H](C[C@](O)(Cc1c[nH]c2ccccc12)C(=O)O)C(=O)O. The standard InChI is InChI=1S/C14H16N2O5/c15-10(12(17)18)6-14(21,13(19)20)5-8-7-16-11-4-2-1-3-9(8)11/h1-4,7,10,16,21H,5-6,15H2,(H,17,18)(H,19,20)/t10-,14+/m0/s1. The number of carboxylic acids is 2. The molecule has 2 rings (SSSR count). The molecule has 1 aromatic heterocycles. The van der Waals surface area contributed by atoms with Crippen LogP contribution >= 0.6 is 0 Å². The van der Waals surface area contributed by atoms with E-state index in [-0.39, 0.29) is 6.42 Å². The summed E-state index contributed by atoms with van der Waals surface area (Å²) in [5.74, 6) is -2.85. The fraction of sp³-hybridized carbons (Fsp3) is 0.286. The number of H-pyrrole nitrogens is 1. The topological polar surface area (TPSA) is 137 Å². The molecule has 2 atom stereocenters. The van der Waals surface area contributed by atoms with Crippen LogP contribution in [-0.4, -0.2) is 43.9 Å². The number of aliphatic carboxylic acids is 2. The fourth-order valence-corrected chi connectivity index (χ4v) is 2.28. The van der Waals surface area contributed by atoms with Gasteiger partial charge in [0, 0.05) is 29.9 Å². The number of para-hydroxylation sites is 1. The number of nitrogens with two attached hydrogens (primary N) is 1. The fourth-order valence-electron chi connectivity index (χ4n) is 2.28. The molecule has 0 aliphatic heterocycles. The van der Waals surface area contributed by atoms with Gasteiger partial charge in [-0.3, -0.25) is 4.79 Å². The Morgan fingerprint density at radius 1 is 1.29 bits per heavy atom. The lowest BCUT2D eigenvalue weighted by Crippen LogP contribution is -2.48. The number of benzene rings is 1. The number of carbonyl (C=O) groups is 2. The van der Waals surface area contributed by atoms with Gasteiger partial charge < -0.3 is 26.0 Å². The van der Waals surface area contributed by atoms with Gasteiger partial charge in [-0.1, -0.05) is 18.2 Å². The van der Waals surface area contributed by atoms with Gasteiger partial charge in [0.2, 0.25) is 0 Å². The molecular formula is C14H16N2O5. The second-order valence-electron chi connectivity index (χ2n) is 5.02. The second-order valence-corrected chi connectivity index (χ2v) is 5.02. The van der Waals surface area contributed by atoms with Crippen LogP contribution in [0.3, 0.4) is 0 Å². The lowest BCUT2D eigenvalue weighted by Gasteiger charge is -2.24. The summed E-state index contributed by atoms with van der Waals surface area (Å²) < 4.78 is 0.